The molecule has 0 bridgehead atoms. The summed E-state index contributed by atoms with van der Waals surface area (Å²) in [6.07, 6.45) is 4.79. The first-order valence-electron chi connectivity index (χ1n) is 25.3. The lowest BCUT2D eigenvalue weighted by molar-refractivity contribution is 0.195. The molecule has 0 amide bonds. The van der Waals surface area contributed by atoms with E-state index in [1.165, 1.54) is 119 Å². The molecule has 2 atom stereocenters. The monoisotopic (exact) mass is 888 g/mol. The Bertz CT molecular complexity index is 3310. The van der Waals surface area contributed by atoms with Gasteiger partial charge in [0.05, 0.1) is 5.54 Å². The molecule has 68 heavy (non-hydrogen) atoms. The quantitative estimate of drug-likeness (QED) is 0.163. The van der Waals surface area contributed by atoms with E-state index in [1.807, 2.05) is 0 Å². The first-order valence-corrected chi connectivity index (χ1v) is 25.3. The SMILES string of the molecule is CC(C)(C)c1ccc(N2c3cc4c(cc3B3c5c(cc(C(C)(C)C)cc52)-c2cc(C(C)(C)C)cc5c(-c6ccccc6)c(-c6ccccc6)n3c25)C2(C)CCCCC2(C)N4c2ccccc2)cc1. The molecule has 2 unspecified atom stereocenters. The van der Waals surface area contributed by atoms with Gasteiger partial charge in [-0.15, -0.1) is 0 Å². The number of para-hydroxylation sites is 1. The highest BCUT2D eigenvalue weighted by molar-refractivity contribution is 6.90. The van der Waals surface area contributed by atoms with Crippen molar-refractivity contribution in [3.63, 3.8) is 0 Å². The van der Waals surface area contributed by atoms with Gasteiger partial charge in [-0.25, -0.2) is 0 Å². The van der Waals surface area contributed by atoms with E-state index in [1.54, 1.807) is 0 Å². The molecule has 0 radical (unpaired) electrons. The average molecular weight is 888 g/mol. The molecular weight excluding hydrogens is 822 g/mol. The summed E-state index contributed by atoms with van der Waals surface area (Å²) in [5.74, 6) is 0. The second-order valence-corrected chi connectivity index (χ2v) is 24.1. The molecule has 0 saturated heterocycles. The Hall–Kier alpha value is -6.26. The van der Waals surface area contributed by atoms with Crippen molar-refractivity contribution in [1.82, 2.24) is 4.48 Å². The Morgan fingerprint density at radius 1 is 0.500 bits per heavy atom. The van der Waals surface area contributed by atoms with Crippen LogP contribution in [0.2, 0.25) is 0 Å². The van der Waals surface area contributed by atoms with Gasteiger partial charge in [0.15, 0.2) is 0 Å². The van der Waals surface area contributed by atoms with Crippen molar-refractivity contribution in [1.29, 1.82) is 0 Å². The third-order valence-electron chi connectivity index (χ3n) is 17.0. The van der Waals surface area contributed by atoms with E-state index in [4.69, 9.17) is 0 Å². The van der Waals surface area contributed by atoms with Gasteiger partial charge < -0.3 is 14.3 Å². The van der Waals surface area contributed by atoms with Gasteiger partial charge in [0.25, 0.3) is 0 Å². The minimum Gasteiger partial charge on any atom is -0.375 e. The Labute approximate surface area is 406 Å². The predicted octanol–water partition coefficient (Wildman–Crippen LogP) is 16.0. The Balaban J connectivity index is 1.28. The minimum atomic E-state index is -0.103. The lowest BCUT2D eigenvalue weighted by atomic mass is 9.44. The fraction of sp³-hybridized carbons (Fsp3) is 0.312. The van der Waals surface area contributed by atoms with Gasteiger partial charge in [0.1, 0.15) is 0 Å². The first-order chi connectivity index (χ1) is 32.4. The molecule has 1 fully saturated rings. The molecule has 3 nitrogen and oxygen atoms in total. The summed E-state index contributed by atoms with van der Waals surface area (Å²) >= 11 is 0. The number of fused-ring (bicyclic) bond motifs is 7. The van der Waals surface area contributed by atoms with Gasteiger partial charge in [0, 0.05) is 61.6 Å². The summed E-state index contributed by atoms with van der Waals surface area (Å²) < 4.78 is 2.81. The van der Waals surface area contributed by atoms with Crippen LogP contribution in [0.5, 0.6) is 0 Å². The first kappa shape index (κ1) is 43.1. The van der Waals surface area contributed by atoms with Crippen LogP contribution in [0, 0.1) is 0 Å². The van der Waals surface area contributed by atoms with Gasteiger partial charge >= 0.3 is 6.85 Å². The standard InChI is InChI=1S/C64H66BN3/c1-60(2,3)43-29-31-46(32-30-43)66-54-40-53-51(63(10)33-21-22-34-64(63,11)67(53)47-27-19-14-20-28-47)39-52(54)65-57-48(35-45(38-55(57)66)62(7,8)9)49-36-44(61(4,5)6)37-50-56(41-23-15-12-16-24-41)58(68(65)59(49)50)42-25-17-13-18-26-42/h12-20,23-32,35-40H,21-22,33-34H2,1-11H3. The number of aromatic nitrogens is 1. The van der Waals surface area contributed by atoms with Crippen LogP contribution >= 0.6 is 0 Å². The van der Waals surface area contributed by atoms with Gasteiger partial charge in [-0.05, 0) is 134 Å². The number of hydrogen-bond acceptors (Lipinski definition) is 2. The van der Waals surface area contributed by atoms with Crippen molar-refractivity contribution in [3.05, 3.63) is 174 Å². The second kappa shape index (κ2) is 14.6. The van der Waals surface area contributed by atoms with Crippen LogP contribution in [-0.2, 0) is 21.7 Å². The zero-order valence-electron chi connectivity index (χ0n) is 42.2. The summed E-state index contributed by atoms with van der Waals surface area (Å²) in [7, 11) is 0. The number of nitrogens with zero attached hydrogens (tertiary/aromatic N) is 3. The van der Waals surface area contributed by atoms with Crippen molar-refractivity contribution >= 4 is 57.1 Å². The Kier molecular flexibility index (Phi) is 9.26. The molecule has 1 aromatic heterocycles. The second-order valence-electron chi connectivity index (χ2n) is 24.1. The molecule has 0 N–H and O–H groups in total. The zero-order chi connectivity index (χ0) is 47.3. The summed E-state index contributed by atoms with van der Waals surface area (Å²) in [5.41, 5.74) is 23.5. The van der Waals surface area contributed by atoms with E-state index in [9.17, 15) is 0 Å². The van der Waals surface area contributed by atoms with E-state index in [2.05, 4.69) is 242 Å². The molecule has 0 spiro atoms. The Morgan fingerprint density at radius 3 is 1.71 bits per heavy atom. The maximum Gasteiger partial charge on any atom is 0.333 e. The molecule has 12 rings (SSSR count). The van der Waals surface area contributed by atoms with Crippen molar-refractivity contribution in [2.24, 2.45) is 0 Å². The molecule has 8 aromatic rings. The van der Waals surface area contributed by atoms with E-state index in [0.717, 1.165) is 12.8 Å². The maximum atomic E-state index is 2.81. The highest BCUT2D eigenvalue weighted by atomic mass is 15.3. The number of rotatable bonds is 4. The smallest absolute Gasteiger partial charge is 0.333 e. The van der Waals surface area contributed by atoms with Crippen LogP contribution in [0.15, 0.2) is 152 Å². The van der Waals surface area contributed by atoms with E-state index in [0.29, 0.717) is 0 Å². The number of benzene rings is 7. The maximum absolute atomic E-state index is 2.81. The van der Waals surface area contributed by atoms with Crippen LogP contribution in [0.1, 0.15) is 124 Å². The van der Waals surface area contributed by atoms with Crippen molar-refractivity contribution in [2.45, 2.75) is 129 Å². The topological polar surface area (TPSA) is 11.4 Å². The third kappa shape index (κ3) is 6.11. The van der Waals surface area contributed by atoms with Crippen molar-refractivity contribution in [3.8, 4) is 33.5 Å². The molecule has 4 aliphatic rings. The zero-order valence-corrected chi connectivity index (χ0v) is 42.2. The van der Waals surface area contributed by atoms with Crippen LogP contribution in [0.3, 0.4) is 0 Å². The van der Waals surface area contributed by atoms with Crippen LogP contribution in [-0.4, -0.2) is 16.9 Å². The van der Waals surface area contributed by atoms with Crippen LogP contribution in [0.4, 0.5) is 28.4 Å². The largest absolute Gasteiger partial charge is 0.375 e. The fourth-order valence-electron chi connectivity index (χ4n) is 13.0. The number of anilines is 5. The highest BCUT2D eigenvalue weighted by Gasteiger charge is 2.59. The molecule has 4 heteroatoms. The third-order valence-corrected chi connectivity index (χ3v) is 17.0. The summed E-state index contributed by atoms with van der Waals surface area (Å²) in [6.45, 7) is 26.3. The fourth-order valence-corrected chi connectivity index (χ4v) is 13.0. The Morgan fingerprint density at radius 2 is 1.07 bits per heavy atom. The average Bonchev–Trinajstić information content (AvgIpc) is 3.76. The lowest BCUT2D eigenvalue weighted by Crippen LogP contribution is -2.57. The molecule has 3 aliphatic heterocycles. The number of hydrogen-bond donors (Lipinski definition) is 0. The van der Waals surface area contributed by atoms with Crippen LogP contribution < -0.4 is 20.7 Å². The molecule has 1 saturated carbocycles. The summed E-state index contributed by atoms with van der Waals surface area (Å²) in [4.78, 5) is 5.43. The van der Waals surface area contributed by atoms with Gasteiger partial charge in [-0.2, -0.15) is 0 Å². The van der Waals surface area contributed by atoms with E-state index < -0.39 is 0 Å². The normalized spacial score (nSPS) is 19.5. The van der Waals surface area contributed by atoms with Gasteiger partial charge in [-0.1, -0.05) is 185 Å². The molecule has 340 valence electrons. The summed E-state index contributed by atoms with van der Waals surface area (Å²) in [5, 5.41) is 1.33. The highest BCUT2D eigenvalue weighted by Crippen LogP contribution is 2.62. The van der Waals surface area contributed by atoms with E-state index in [-0.39, 0.29) is 34.0 Å². The molecule has 4 heterocycles. The lowest BCUT2D eigenvalue weighted by Gasteiger charge is -2.50. The minimum absolute atomic E-state index is 0.0332. The predicted molar refractivity (Wildman–Crippen MR) is 292 cm³/mol. The molecular formula is C64H66BN3. The molecule has 1 aliphatic carbocycles. The molecule has 7 aromatic carbocycles. The van der Waals surface area contributed by atoms with Crippen molar-refractivity contribution < 1.29 is 0 Å². The van der Waals surface area contributed by atoms with Crippen molar-refractivity contribution in [2.75, 3.05) is 9.80 Å². The van der Waals surface area contributed by atoms with Gasteiger partial charge in [0.2, 0.25) is 0 Å². The van der Waals surface area contributed by atoms with Crippen LogP contribution in [0.25, 0.3) is 44.4 Å². The van der Waals surface area contributed by atoms with Gasteiger partial charge in [-0.3, -0.25) is 0 Å². The van der Waals surface area contributed by atoms with E-state index >= 15 is 0 Å². The summed E-state index contributed by atoms with van der Waals surface area (Å²) in [6, 6.07) is 59.0.